The van der Waals surface area contributed by atoms with Gasteiger partial charge in [-0.25, -0.2) is 9.69 Å². The number of carbonyl (C=O) groups is 4. The first-order chi connectivity index (χ1) is 13.0. The molecule has 5 amide bonds. The molecular weight excluding hydrogens is 356 g/mol. The molecule has 146 valence electrons. The van der Waals surface area contributed by atoms with Gasteiger partial charge in [0.1, 0.15) is 6.04 Å². The standard InChI is InChI=1S/C15H22N8O4/c24-12(5-9-3-1-2-4-9)16-8-13(25)23-10(6-18-15(23)27)14(26)17-7-11-19-21-22-20-11/h9-10H,1-8H2,(H,16,24)(H,17,26)(H,18,27)(H,19,20,21,22)/t10-/m0/s1. The van der Waals surface area contributed by atoms with Gasteiger partial charge in [-0.3, -0.25) is 14.4 Å². The fourth-order valence-electron chi connectivity index (χ4n) is 3.35. The lowest BCUT2D eigenvalue weighted by Gasteiger charge is -2.20. The van der Waals surface area contributed by atoms with Crippen molar-refractivity contribution >= 4 is 23.8 Å². The van der Waals surface area contributed by atoms with Crippen molar-refractivity contribution in [2.75, 3.05) is 13.1 Å². The minimum atomic E-state index is -0.997. The van der Waals surface area contributed by atoms with Crippen LogP contribution in [-0.2, 0) is 20.9 Å². The van der Waals surface area contributed by atoms with Gasteiger partial charge < -0.3 is 16.0 Å². The van der Waals surface area contributed by atoms with Crippen LogP contribution < -0.4 is 16.0 Å². The van der Waals surface area contributed by atoms with E-state index in [2.05, 4.69) is 36.6 Å². The van der Waals surface area contributed by atoms with E-state index in [9.17, 15) is 19.2 Å². The second kappa shape index (κ2) is 8.56. The zero-order chi connectivity index (χ0) is 19.2. The summed E-state index contributed by atoms with van der Waals surface area (Å²) in [6.07, 6.45) is 4.70. The minimum absolute atomic E-state index is 0.00132. The smallest absolute Gasteiger partial charge is 0.325 e. The van der Waals surface area contributed by atoms with Crippen LogP contribution in [0.15, 0.2) is 0 Å². The predicted molar refractivity (Wildman–Crippen MR) is 89.6 cm³/mol. The highest BCUT2D eigenvalue weighted by Gasteiger charge is 2.40. The largest absolute Gasteiger partial charge is 0.347 e. The molecule has 1 atom stereocenters. The predicted octanol–water partition coefficient (Wildman–Crippen LogP) is -1.57. The molecule has 0 spiro atoms. The van der Waals surface area contributed by atoms with Crippen LogP contribution in [0.1, 0.15) is 37.9 Å². The Morgan fingerprint density at radius 3 is 2.67 bits per heavy atom. The van der Waals surface area contributed by atoms with E-state index in [4.69, 9.17) is 0 Å². The maximum absolute atomic E-state index is 12.4. The molecule has 27 heavy (non-hydrogen) atoms. The fourth-order valence-corrected chi connectivity index (χ4v) is 3.35. The number of hydrogen-bond acceptors (Lipinski definition) is 7. The van der Waals surface area contributed by atoms with Crippen molar-refractivity contribution in [3.63, 3.8) is 0 Å². The van der Waals surface area contributed by atoms with Gasteiger partial charge in [0.15, 0.2) is 5.82 Å². The zero-order valence-corrected chi connectivity index (χ0v) is 14.7. The topological polar surface area (TPSA) is 162 Å². The molecule has 0 bridgehead atoms. The molecule has 1 aliphatic heterocycles. The molecule has 0 radical (unpaired) electrons. The summed E-state index contributed by atoms with van der Waals surface area (Å²) in [5.41, 5.74) is 0. The molecule has 2 aliphatic rings. The lowest BCUT2D eigenvalue weighted by molar-refractivity contribution is -0.136. The number of nitrogens with one attached hydrogen (secondary N) is 4. The lowest BCUT2D eigenvalue weighted by atomic mass is 10.0. The molecule has 1 saturated heterocycles. The number of hydrogen-bond donors (Lipinski definition) is 4. The summed E-state index contributed by atoms with van der Waals surface area (Å²) in [6.45, 7) is -0.313. The van der Waals surface area contributed by atoms with Crippen molar-refractivity contribution in [1.29, 1.82) is 0 Å². The Morgan fingerprint density at radius 2 is 1.96 bits per heavy atom. The second-order valence-electron chi connectivity index (χ2n) is 6.64. The first kappa shape index (κ1) is 18.7. The van der Waals surface area contributed by atoms with Crippen molar-refractivity contribution in [3.05, 3.63) is 5.82 Å². The number of aromatic nitrogens is 4. The number of H-pyrrole nitrogens is 1. The zero-order valence-electron chi connectivity index (χ0n) is 14.7. The van der Waals surface area contributed by atoms with E-state index in [-0.39, 0.29) is 31.4 Å². The van der Waals surface area contributed by atoms with Crippen LogP contribution >= 0.6 is 0 Å². The molecule has 12 heteroatoms. The van der Waals surface area contributed by atoms with E-state index in [1.54, 1.807) is 0 Å². The Morgan fingerprint density at radius 1 is 1.19 bits per heavy atom. The van der Waals surface area contributed by atoms with Crippen molar-refractivity contribution in [2.24, 2.45) is 5.92 Å². The molecule has 12 nitrogen and oxygen atoms in total. The molecule has 1 aromatic rings. The number of amides is 5. The fraction of sp³-hybridized carbons (Fsp3) is 0.667. The van der Waals surface area contributed by atoms with Gasteiger partial charge in [-0.05, 0) is 18.8 Å². The van der Waals surface area contributed by atoms with E-state index in [0.717, 1.165) is 30.6 Å². The maximum Gasteiger partial charge on any atom is 0.325 e. The van der Waals surface area contributed by atoms with Crippen LogP contribution in [0.4, 0.5) is 4.79 Å². The van der Waals surface area contributed by atoms with Crippen LogP contribution in [0.5, 0.6) is 0 Å². The third-order valence-corrected chi connectivity index (χ3v) is 4.74. The van der Waals surface area contributed by atoms with Gasteiger partial charge >= 0.3 is 6.03 Å². The number of rotatable bonds is 7. The Hall–Kier alpha value is -3.05. The molecule has 2 heterocycles. The van der Waals surface area contributed by atoms with Crippen LogP contribution in [0.2, 0.25) is 0 Å². The van der Waals surface area contributed by atoms with Crippen molar-refractivity contribution in [1.82, 2.24) is 41.5 Å². The van der Waals surface area contributed by atoms with Gasteiger partial charge in [-0.15, -0.1) is 10.2 Å². The summed E-state index contributed by atoms with van der Waals surface area (Å²) in [6, 6.07) is -1.66. The summed E-state index contributed by atoms with van der Waals surface area (Å²) in [5, 5.41) is 20.6. The average Bonchev–Trinajstić information content (AvgIpc) is 3.39. The number of aromatic amines is 1. The third-order valence-electron chi connectivity index (χ3n) is 4.74. The summed E-state index contributed by atoms with van der Waals surface area (Å²) in [4.78, 5) is 49.4. The quantitative estimate of drug-likeness (QED) is 0.445. The third kappa shape index (κ3) is 4.77. The van der Waals surface area contributed by atoms with Crippen molar-refractivity contribution in [3.8, 4) is 0 Å². The van der Waals surface area contributed by atoms with Gasteiger partial charge in [0, 0.05) is 13.0 Å². The SMILES string of the molecule is O=C(CC1CCCC1)NCC(=O)N1C(=O)NC[C@H]1C(=O)NCc1nn[nH]n1. The van der Waals surface area contributed by atoms with Crippen LogP contribution in [0, 0.1) is 5.92 Å². The van der Waals surface area contributed by atoms with E-state index < -0.39 is 23.9 Å². The molecule has 0 unspecified atom stereocenters. The molecule has 4 N–H and O–H groups in total. The van der Waals surface area contributed by atoms with Crippen LogP contribution in [0.25, 0.3) is 0 Å². The molecule has 1 saturated carbocycles. The molecule has 2 fully saturated rings. The summed E-state index contributed by atoms with van der Waals surface area (Å²) in [7, 11) is 0. The lowest BCUT2D eigenvalue weighted by Crippen LogP contribution is -2.51. The van der Waals surface area contributed by atoms with E-state index in [1.165, 1.54) is 0 Å². The van der Waals surface area contributed by atoms with Gasteiger partial charge in [-0.2, -0.15) is 5.21 Å². The maximum atomic E-state index is 12.4. The Labute approximate surface area is 154 Å². The van der Waals surface area contributed by atoms with Gasteiger partial charge in [0.25, 0.3) is 5.91 Å². The van der Waals surface area contributed by atoms with Crippen LogP contribution in [0.3, 0.4) is 0 Å². The second-order valence-corrected chi connectivity index (χ2v) is 6.64. The van der Waals surface area contributed by atoms with Crippen molar-refractivity contribution < 1.29 is 19.2 Å². The summed E-state index contributed by atoms with van der Waals surface area (Å²) < 4.78 is 0. The van der Waals surface area contributed by atoms with Gasteiger partial charge in [-0.1, -0.05) is 18.1 Å². The number of imide groups is 1. The average molecular weight is 378 g/mol. The summed E-state index contributed by atoms with van der Waals surface area (Å²) >= 11 is 0. The normalized spacial score (nSPS) is 19.8. The molecule has 3 rings (SSSR count). The van der Waals surface area contributed by atoms with E-state index >= 15 is 0 Å². The Kier molecular flexibility index (Phi) is 5.94. The van der Waals surface area contributed by atoms with E-state index in [0.29, 0.717) is 12.3 Å². The number of nitrogens with zero attached hydrogens (tertiary/aromatic N) is 4. The van der Waals surface area contributed by atoms with Gasteiger partial charge in [0.05, 0.1) is 13.1 Å². The van der Waals surface area contributed by atoms with Crippen molar-refractivity contribution in [2.45, 2.75) is 44.7 Å². The first-order valence-electron chi connectivity index (χ1n) is 8.91. The van der Waals surface area contributed by atoms with Crippen LogP contribution in [-0.4, -0.2) is 68.4 Å². The first-order valence-corrected chi connectivity index (χ1v) is 8.91. The molecule has 1 aromatic heterocycles. The Bertz CT molecular complexity index is 701. The Balaban J connectivity index is 1.49. The van der Waals surface area contributed by atoms with Gasteiger partial charge in [0.2, 0.25) is 11.8 Å². The highest BCUT2D eigenvalue weighted by molar-refractivity contribution is 6.03. The minimum Gasteiger partial charge on any atom is -0.347 e. The highest BCUT2D eigenvalue weighted by Crippen LogP contribution is 2.27. The summed E-state index contributed by atoms with van der Waals surface area (Å²) in [5.74, 6) is -0.738. The molecule has 0 aromatic carbocycles. The monoisotopic (exact) mass is 378 g/mol. The molecule has 1 aliphatic carbocycles. The number of tetrazole rings is 1. The highest BCUT2D eigenvalue weighted by atomic mass is 16.2. The number of urea groups is 1. The van der Waals surface area contributed by atoms with E-state index in [1.807, 2.05) is 0 Å². The number of carbonyl (C=O) groups excluding carboxylic acids is 4. The molecular formula is C15H22N8O4.